The van der Waals surface area contributed by atoms with E-state index in [9.17, 15) is 0 Å². The van der Waals surface area contributed by atoms with Crippen LogP contribution in [0.5, 0.6) is 0 Å². The summed E-state index contributed by atoms with van der Waals surface area (Å²) in [6, 6.07) is 0. The fourth-order valence-electron chi connectivity index (χ4n) is 1.38. The van der Waals surface area contributed by atoms with E-state index in [4.69, 9.17) is 0 Å². The number of nitrogens with one attached hydrogen (secondary N) is 1. The molecule has 1 rings (SSSR count). The van der Waals surface area contributed by atoms with E-state index in [1.165, 1.54) is 5.70 Å². The summed E-state index contributed by atoms with van der Waals surface area (Å²) >= 11 is 0. The molecule has 2 heteroatoms. The molecule has 0 amide bonds. The number of nitrogens with zero attached hydrogens (tertiary/aromatic N) is 1. The maximum atomic E-state index is 4.06. The highest BCUT2D eigenvalue weighted by Gasteiger charge is 2.12. The highest BCUT2D eigenvalue weighted by molar-refractivity contribution is 4.96. The lowest BCUT2D eigenvalue weighted by Crippen LogP contribution is -2.21. The van der Waals surface area contributed by atoms with Gasteiger partial charge in [0.25, 0.3) is 0 Å². The van der Waals surface area contributed by atoms with Crippen molar-refractivity contribution in [2.75, 3.05) is 19.8 Å². The van der Waals surface area contributed by atoms with E-state index >= 15 is 0 Å². The first-order valence-electron chi connectivity index (χ1n) is 4.33. The summed E-state index contributed by atoms with van der Waals surface area (Å²) in [5.74, 6) is 0.725. The van der Waals surface area contributed by atoms with Crippen molar-refractivity contribution in [3.63, 3.8) is 0 Å². The molecular formula is C9H18N2. The van der Waals surface area contributed by atoms with Gasteiger partial charge in [-0.1, -0.05) is 20.4 Å². The van der Waals surface area contributed by atoms with Crippen LogP contribution in [0.3, 0.4) is 0 Å². The minimum atomic E-state index is 0.725. The first-order valence-corrected chi connectivity index (χ1v) is 4.33. The van der Waals surface area contributed by atoms with Crippen molar-refractivity contribution in [2.45, 2.75) is 20.3 Å². The topological polar surface area (TPSA) is 15.3 Å². The van der Waals surface area contributed by atoms with E-state index < -0.39 is 0 Å². The third-order valence-electron chi connectivity index (χ3n) is 1.95. The number of hydrogen-bond donors (Lipinski definition) is 1. The second-order valence-electron chi connectivity index (χ2n) is 3.59. The van der Waals surface area contributed by atoms with Crippen LogP contribution in [0.1, 0.15) is 20.3 Å². The molecule has 0 aromatic carbocycles. The lowest BCUT2D eigenvalue weighted by molar-refractivity contribution is 0.387. The summed E-state index contributed by atoms with van der Waals surface area (Å²) in [6.45, 7) is 11.8. The molecule has 1 fully saturated rings. The molecule has 0 aromatic heterocycles. The van der Waals surface area contributed by atoms with Gasteiger partial charge < -0.3 is 4.90 Å². The Labute approximate surface area is 69.3 Å². The maximum absolute atomic E-state index is 4.06. The van der Waals surface area contributed by atoms with Crippen molar-refractivity contribution < 1.29 is 0 Å². The van der Waals surface area contributed by atoms with Crippen LogP contribution in [0.15, 0.2) is 12.3 Å². The van der Waals surface area contributed by atoms with Crippen molar-refractivity contribution in [1.29, 1.82) is 0 Å². The Hall–Kier alpha value is -0.500. The van der Waals surface area contributed by atoms with Gasteiger partial charge in [0.1, 0.15) is 0 Å². The van der Waals surface area contributed by atoms with E-state index in [2.05, 4.69) is 30.6 Å². The van der Waals surface area contributed by atoms with Gasteiger partial charge in [-0.25, -0.2) is 0 Å². The first kappa shape index (κ1) is 8.60. The molecule has 0 bridgehead atoms. The standard InChI is InChI=1S/C9H18N2/c1-8(2)6-9(3)11-5-4-10-7-11/h8,10H,3-7H2,1-2H3. The molecule has 1 heterocycles. The minimum absolute atomic E-state index is 0.725. The van der Waals surface area contributed by atoms with Crippen LogP contribution in [-0.2, 0) is 0 Å². The zero-order chi connectivity index (χ0) is 8.27. The Bertz CT molecular complexity index is 134. The van der Waals surface area contributed by atoms with Crippen LogP contribution in [0.25, 0.3) is 0 Å². The van der Waals surface area contributed by atoms with Crippen molar-refractivity contribution in [3.05, 3.63) is 12.3 Å². The molecule has 1 aliphatic rings. The third-order valence-corrected chi connectivity index (χ3v) is 1.95. The highest BCUT2D eigenvalue weighted by Crippen LogP contribution is 2.13. The molecule has 0 aliphatic carbocycles. The van der Waals surface area contributed by atoms with Crippen LogP contribution in [0.2, 0.25) is 0 Å². The Morgan fingerprint density at radius 3 is 2.82 bits per heavy atom. The van der Waals surface area contributed by atoms with Crippen LogP contribution in [0.4, 0.5) is 0 Å². The van der Waals surface area contributed by atoms with Gasteiger partial charge in [-0.05, 0) is 12.3 Å². The fourth-order valence-corrected chi connectivity index (χ4v) is 1.38. The minimum Gasteiger partial charge on any atom is -0.361 e. The molecule has 0 atom stereocenters. The first-order chi connectivity index (χ1) is 5.20. The van der Waals surface area contributed by atoms with Crippen molar-refractivity contribution in [3.8, 4) is 0 Å². The van der Waals surface area contributed by atoms with Crippen LogP contribution < -0.4 is 5.32 Å². The summed E-state index contributed by atoms with van der Waals surface area (Å²) in [5, 5.41) is 3.29. The average molecular weight is 154 g/mol. The number of hydrogen-bond acceptors (Lipinski definition) is 2. The monoisotopic (exact) mass is 154 g/mol. The Balaban J connectivity index is 2.28. The lowest BCUT2D eigenvalue weighted by atomic mass is 10.1. The van der Waals surface area contributed by atoms with E-state index in [1.807, 2.05) is 0 Å². The zero-order valence-electron chi connectivity index (χ0n) is 7.56. The molecule has 11 heavy (non-hydrogen) atoms. The van der Waals surface area contributed by atoms with Gasteiger partial charge in [-0.2, -0.15) is 0 Å². The van der Waals surface area contributed by atoms with Gasteiger partial charge in [0.15, 0.2) is 0 Å². The molecule has 0 radical (unpaired) electrons. The van der Waals surface area contributed by atoms with Crippen molar-refractivity contribution >= 4 is 0 Å². The van der Waals surface area contributed by atoms with Gasteiger partial charge >= 0.3 is 0 Å². The molecular weight excluding hydrogens is 136 g/mol. The van der Waals surface area contributed by atoms with Crippen LogP contribution in [-0.4, -0.2) is 24.7 Å². The summed E-state index contributed by atoms with van der Waals surface area (Å²) in [4.78, 5) is 2.32. The van der Waals surface area contributed by atoms with Crippen LogP contribution in [0, 0.1) is 5.92 Å². The van der Waals surface area contributed by atoms with E-state index in [0.717, 1.165) is 32.1 Å². The second kappa shape index (κ2) is 3.77. The number of rotatable bonds is 3. The second-order valence-corrected chi connectivity index (χ2v) is 3.59. The molecule has 0 unspecified atom stereocenters. The van der Waals surface area contributed by atoms with Gasteiger partial charge in [-0.3, -0.25) is 5.32 Å². The predicted molar refractivity (Wildman–Crippen MR) is 48.2 cm³/mol. The molecule has 2 nitrogen and oxygen atoms in total. The largest absolute Gasteiger partial charge is 0.361 e. The molecule has 1 aliphatic heterocycles. The quantitative estimate of drug-likeness (QED) is 0.661. The van der Waals surface area contributed by atoms with Crippen LogP contribution >= 0.6 is 0 Å². The molecule has 1 saturated heterocycles. The molecule has 0 spiro atoms. The fraction of sp³-hybridized carbons (Fsp3) is 0.778. The van der Waals surface area contributed by atoms with Gasteiger partial charge in [0, 0.05) is 18.8 Å². The highest BCUT2D eigenvalue weighted by atomic mass is 15.3. The SMILES string of the molecule is C=C(CC(C)C)N1CCNC1. The molecule has 1 N–H and O–H groups in total. The zero-order valence-corrected chi connectivity index (χ0v) is 7.56. The summed E-state index contributed by atoms with van der Waals surface area (Å²) in [5.41, 5.74) is 1.28. The summed E-state index contributed by atoms with van der Waals surface area (Å²) in [7, 11) is 0. The number of allylic oxidation sites excluding steroid dienone is 1. The average Bonchev–Trinajstić information content (AvgIpc) is 2.35. The Morgan fingerprint density at radius 2 is 2.36 bits per heavy atom. The van der Waals surface area contributed by atoms with Gasteiger partial charge in [0.05, 0.1) is 6.67 Å². The van der Waals surface area contributed by atoms with E-state index in [-0.39, 0.29) is 0 Å². The normalized spacial score (nSPS) is 17.9. The van der Waals surface area contributed by atoms with E-state index in [0.29, 0.717) is 0 Å². The molecule has 0 saturated carbocycles. The Morgan fingerprint density at radius 1 is 1.64 bits per heavy atom. The predicted octanol–water partition coefficient (Wildman–Crippen LogP) is 1.41. The molecule has 64 valence electrons. The third kappa shape index (κ3) is 2.54. The van der Waals surface area contributed by atoms with Gasteiger partial charge in [-0.15, -0.1) is 0 Å². The summed E-state index contributed by atoms with van der Waals surface area (Å²) in [6.07, 6.45) is 1.13. The van der Waals surface area contributed by atoms with Crippen molar-refractivity contribution in [2.24, 2.45) is 5.92 Å². The molecule has 0 aromatic rings. The van der Waals surface area contributed by atoms with Gasteiger partial charge in [0.2, 0.25) is 0 Å². The Kier molecular flexibility index (Phi) is 2.94. The van der Waals surface area contributed by atoms with E-state index in [1.54, 1.807) is 0 Å². The smallest absolute Gasteiger partial charge is 0.0680 e. The van der Waals surface area contributed by atoms with Crippen molar-refractivity contribution in [1.82, 2.24) is 10.2 Å². The lowest BCUT2D eigenvalue weighted by Gasteiger charge is -2.20. The summed E-state index contributed by atoms with van der Waals surface area (Å²) < 4.78 is 0. The maximum Gasteiger partial charge on any atom is 0.0680 e.